The summed E-state index contributed by atoms with van der Waals surface area (Å²) in [4.78, 5) is 18.5. The van der Waals surface area contributed by atoms with Gasteiger partial charge in [0.25, 0.3) is 0 Å². The van der Waals surface area contributed by atoms with Gasteiger partial charge in [0.1, 0.15) is 5.41 Å². The van der Waals surface area contributed by atoms with E-state index in [2.05, 4.69) is 54.1 Å². The molecule has 5 nitrogen and oxygen atoms in total. The van der Waals surface area contributed by atoms with E-state index < -0.39 is 11.1 Å². The maximum atomic E-state index is 13.6. The molecule has 1 aromatic carbocycles. The highest BCUT2D eigenvalue weighted by atomic mass is 16.6. The number of hydrogen-bond acceptors (Lipinski definition) is 5. The Labute approximate surface area is 159 Å². The normalized spacial score (nSPS) is 45.1. The number of fused-ring (bicyclic) bond motifs is 3. The van der Waals surface area contributed by atoms with Crippen molar-refractivity contribution in [2.45, 2.75) is 36.9 Å². The molecule has 0 aromatic heterocycles. The summed E-state index contributed by atoms with van der Waals surface area (Å²) in [5.41, 5.74) is 2.40. The average Bonchev–Trinajstić information content (AvgIpc) is 3.09. The summed E-state index contributed by atoms with van der Waals surface area (Å²) in [5, 5.41) is 0. The fourth-order valence-corrected chi connectivity index (χ4v) is 7.75. The summed E-state index contributed by atoms with van der Waals surface area (Å²) in [6, 6.07) is 8.92. The maximum Gasteiger partial charge on any atom is 0.315 e. The number of rotatable bonds is 1. The predicted molar refractivity (Wildman–Crippen MR) is 101 cm³/mol. The first-order valence-corrected chi connectivity index (χ1v) is 10.0. The van der Waals surface area contributed by atoms with E-state index in [9.17, 15) is 4.79 Å². The minimum absolute atomic E-state index is 0.0902. The molecule has 1 saturated carbocycles. The number of carbonyl (C=O) groups excluding carboxylic acids is 1. The van der Waals surface area contributed by atoms with Gasteiger partial charge in [-0.1, -0.05) is 29.8 Å². The molecule has 6 rings (SSSR count). The highest BCUT2D eigenvalue weighted by Gasteiger charge is 2.86. The first kappa shape index (κ1) is 16.1. The van der Waals surface area contributed by atoms with Gasteiger partial charge in [-0.2, -0.15) is 0 Å². The van der Waals surface area contributed by atoms with Crippen molar-refractivity contribution in [3.8, 4) is 0 Å². The molecule has 5 bridgehead atoms. The van der Waals surface area contributed by atoms with E-state index in [4.69, 9.17) is 9.47 Å². The van der Waals surface area contributed by atoms with Gasteiger partial charge >= 0.3 is 5.97 Å². The van der Waals surface area contributed by atoms with E-state index >= 15 is 0 Å². The van der Waals surface area contributed by atoms with Crippen LogP contribution in [-0.2, 0) is 19.7 Å². The topological polar surface area (TPSA) is 42.0 Å². The zero-order valence-corrected chi connectivity index (χ0v) is 16.2. The van der Waals surface area contributed by atoms with E-state index in [1.54, 1.807) is 0 Å². The van der Waals surface area contributed by atoms with Crippen molar-refractivity contribution >= 4 is 11.7 Å². The van der Waals surface area contributed by atoms with Crippen LogP contribution in [-0.4, -0.2) is 56.5 Å². The lowest BCUT2D eigenvalue weighted by atomic mass is 9.43. The van der Waals surface area contributed by atoms with Crippen LogP contribution in [0.2, 0.25) is 0 Å². The van der Waals surface area contributed by atoms with Crippen LogP contribution in [0.1, 0.15) is 25.3 Å². The van der Waals surface area contributed by atoms with Crippen molar-refractivity contribution in [1.82, 2.24) is 4.90 Å². The lowest BCUT2D eigenvalue weighted by molar-refractivity contribution is -0.183. The summed E-state index contributed by atoms with van der Waals surface area (Å²) < 4.78 is 12.3. The number of piperidine rings is 2. The number of nitrogens with zero attached hydrogens (tertiary/aromatic N) is 2. The first-order valence-electron chi connectivity index (χ1n) is 10.0. The molecule has 1 aliphatic carbocycles. The van der Waals surface area contributed by atoms with Crippen molar-refractivity contribution < 1.29 is 14.3 Å². The monoisotopic (exact) mass is 366 g/mol. The van der Waals surface area contributed by atoms with E-state index in [0.29, 0.717) is 12.6 Å². The average molecular weight is 366 g/mol. The summed E-state index contributed by atoms with van der Waals surface area (Å²) in [6.45, 7) is 4.50. The molecule has 0 radical (unpaired) electrons. The molecule has 5 heteroatoms. The van der Waals surface area contributed by atoms with Gasteiger partial charge in [-0.15, -0.1) is 0 Å². The second kappa shape index (κ2) is 4.76. The van der Waals surface area contributed by atoms with Gasteiger partial charge in [0.2, 0.25) is 0 Å². The lowest BCUT2D eigenvalue weighted by Crippen LogP contribution is -2.80. The Morgan fingerprint density at radius 3 is 2.96 bits per heavy atom. The summed E-state index contributed by atoms with van der Waals surface area (Å²) in [5.74, 6) is 0.0966. The molecule has 1 unspecified atom stereocenters. The van der Waals surface area contributed by atoms with Crippen LogP contribution >= 0.6 is 0 Å². The molecule has 0 amide bonds. The molecule has 4 aliphatic heterocycles. The van der Waals surface area contributed by atoms with E-state index in [0.717, 1.165) is 25.9 Å². The Morgan fingerprint density at radius 1 is 1.37 bits per heavy atom. The number of hydrogen-bond donors (Lipinski definition) is 0. The Bertz CT molecular complexity index is 897. The molecular formula is C22H26N2O3. The highest BCUT2D eigenvalue weighted by molar-refractivity contribution is 5.86. The van der Waals surface area contributed by atoms with Crippen molar-refractivity contribution in [1.29, 1.82) is 0 Å². The lowest BCUT2D eigenvalue weighted by Gasteiger charge is -2.66. The zero-order valence-electron chi connectivity index (χ0n) is 16.2. The SMILES string of the molecule is C/C=C1\CN2CC[C@@]34c5ccccc5N(C)[C@]35OCC4(C(=O)OC)[C@@H]1C[C@H]25. The third-order valence-electron chi connectivity index (χ3n) is 8.59. The van der Waals surface area contributed by atoms with Crippen molar-refractivity contribution in [2.24, 2.45) is 11.3 Å². The van der Waals surface area contributed by atoms with Crippen LogP contribution in [0.5, 0.6) is 0 Å². The van der Waals surface area contributed by atoms with Gasteiger partial charge in [-0.05, 0) is 31.4 Å². The predicted octanol–water partition coefficient (Wildman–Crippen LogP) is 2.31. The molecule has 5 aliphatic rings. The molecule has 4 fully saturated rings. The minimum atomic E-state index is -0.645. The smallest absolute Gasteiger partial charge is 0.315 e. The number of esters is 1. The third kappa shape index (κ3) is 1.34. The molecule has 0 N–H and O–H groups in total. The van der Waals surface area contributed by atoms with Gasteiger partial charge in [0.15, 0.2) is 5.72 Å². The summed E-state index contributed by atoms with van der Waals surface area (Å²) in [6.07, 6.45) is 4.13. The second-order valence-corrected chi connectivity index (χ2v) is 8.82. The van der Waals surface area contributed by atoms with Crippen LogP contribution < -0.4 is 4.90 Å². The Hall–Kier alpha value is -1.85. The fourth-order valence-electron chi connectivity index (χ4n) is 7.75. The molecule has 142 valence electrons. The number of carbonyl (C=O) groups is 1. The van der Waals surface area contributed by atoms with Gasteiger partial charge < -0.3 is 14.4 Å². The number of likely N-dealkylation sites (N-methyl/N-ethyl adjacent to an activating group) is 1. The fraction of sp³-hybridized carbons (Fsp3) is 0.591. The molecule has 27 heavy (non-hydrogen) atoms. The van der Waals surface area contributed by atoms with Crippen LogP contribution in [0.4, 0.5) is 5.69 Å². The van der Waals surface area contributed by atoms with Crippen LogP contribution in [0.25, 0.3) is 0 Å². The third-order valence-corrected chi connectivity index (χ3v) is 8.59. The molecular weight excluding hydrogens is 340 g/mol. The van der Waals surface area contributed by atoms with Crippen LogP contribution in [0, 0.1) is 11.3 Å². The van der Waals surface area contributed by atoms with Gasteiger partial charge in [-0.3, -0.25) is 9.69 Å². The Morgan fingerprint density at radius 2 is 2.19 bits per heavy atom. The van der Waals surface area contributed by atoms with Crippen LogP contribution in [0.15, 0.2) is 35.9 Å². The first-order chi connectivity index (χ1) is 13.1. The number of methoxy groups -OCH3 is 1. The van der Waals surface area contributed by atoms with Gasteiger partial charge in [-0.25, -0.2) is 0 Å². The van der Waals surface area contributed by atoms with Crippen molar-refractivity contribution in [3.05, 3.63) is 41.5 Å². The number of anilines is 1. The number of benzene rings is 1. The quantitative estimate of drug-likeness (QED) is 0.564. The second-order valence-electron chi connectivity index (χ2n) is 8.82. The van der Waals surface area contributed by atoms with E-state index in [1.807, 2.05) is 0 Å². The highest BCUT2D eigenvalue weighted by Crippen LogP contribution is 2.76. The standard InChI is InChI=1S/C22H26N2O3/c1-4-14-12-24-10-9-21-15-7-5-6-8-17(15)23(2)22(21)18(24)11-16(14)20(21,13-27-22)19(25)26-3/h4-8,16,18H,9-13H2,1-3H3/b14-4+/t16-,18+,20?,21+,22-/m1/s1. The summed E-state index contributed by atoms with van der Waals surface area (Å²) >= 11 is 0. The Balaban J connectivity index is 1.75. The zero-order chi connectivity index (χ0) is 18.6. The number of para-hydroxylation sites is 1. The molecule has 1 aromatic rings. The largest absolute Gasteiger partial charge is 0.468 e. The minimum Gasteiger partial charge on any atom is -0.468 e. The van der Waals surface area contributed by atoms with Crippen LogP contribution in [0.3, 0.4) is 0 Å². The molecule has 0 spiro atoms. The number of ether oxygens (including phenoxy) is 2. The van der Waals surface area contributed by atoms with Crippen molar-refractivity contribution in [2.75, 3.05) is 38.8 Å². The van der Waals surface area contributed by atoms with Gasteiger partial charge in [0, 0.05) is 31.7 Å². The number of allylic oxidation sites excluding steroid dienone is 1. The molecule has 4 heterocycles. The maximum absolute atomic E-state index is 13.6. The molecule has 5 atom stereocenters. The van der Waals surface area contributed by atoms with Crippen molar-refractivity contribution in [3.63, 3.8) is 0 Å². The summed E-state index contributed by atoms with van der Waals surface area (Å²) in [7, 11) is 3.70. The molecule has 3 saturated heterocycles. The van der Waals surface area contributed by atoms with E-state index in [1.165, 1.54) is 23.9 Å². The van der Waals surface area contributed by atoms with E-state index in [-0.39, 0.29) is 17.3 Å². The van der Waals surface area contributed by atoms with Gasteiger partial charge in [0.05, 0.1) is 25.2 Å². The Kier molecular flexibility index (Phi) is 2.84.